The summed E-state index contributed by atoms with van der Waals surface area (Å²) in [5.41, 5.74) is 2.37. The summed E-state index contributed by atoms with van der Waals surface area (Å²) in [6.07, 6.45) is -11.7. The van der Waals surface area contributed by atoms with Gasteiger partial charge in [-0.1, -0.05) is 0 Å². The Balaban J connectivity index is 1.47. The van der Waals surface area contributed by atoms with Crippen molar-refractivity contribution in [3.05, 3.63) is 55.8 Å². The second-order valence-corrected chi connectivity index (χ2v) is 16.2. The number of hydrogen-bond donors (Lipinski definition) is 10. The Labute approximate surface area is 264 Å². The molecule has 2 aliphatic heterocycles. The van der Waals surface area contributed by atoms with Crippen molar-refractivity contribution in [2.75, 3.05) is 12.3 Å². The molecule has 0 amide bonds. The van der Waals surface area contributed by atoms with Crippen molar-refractivity contribution in [3.63, 3.8) is 0 Å². The van der Waals surface area contributed by atoms with Crippen LogP contribution in [0.1, 0.15) is 18.9 Å². The molecule has 0 radical (unpaired) electrons. The van der Waals surface area contributed by atoms with Crippen LogP contribution < -0.4 is 22.7 Å². The highest BCUT2D eigenvalue weighted by Gasteiger charge is 2.58. The lowest BCUT2D eigenvalue weighted by molar-refractivity contribution is -0.0680. The molecule has 2 aromatic heterocycles. The van der Waals surface area contributed by atoms with Gasteiger partial charge in [-0.25, -0.2) is 27.6 Å². The number of aliphatic hydroxyl groups is 3. The first-order valence-corrected chi connectivity index (χ1v) is 19.0. The predicted octanol–water partition coefficient (Wildman–Crippen LogP) is -3.49. The van der Waals surface area contributed by atoms with Gasteiger partial charge in [0, 0.05) is 24.9 Å². The number of nitrogen functional groups attached to an aromatic ring is 1. The summed E-state index contributed by atoms with van der Waals surface area (Å²) in [7, 11) is -24.3. The van der Waals surface area contributed by atoms with E-state index >= 15 is 0 Å². The molecule has 0 spiro atoms. The lowest BCUT2D eigenvalue weighted by Crippen LogP contribution is -2.40. The number of aromatic nitrogens is 4. The van der Waals surface area contributed by atoms with Crippen LogP contribution in [0.15, 0.2) is 38.9 Å². The number of nitrogens with two attached hydrogens (primary N) is 1. The van der Waals surface area contributed by atoms with Crippen molar-refractivity contribution in [1.82, 2.24) is 19.1 Å². The van der Waals surface area contributed by atoms with Gasteiger partial charge in [-0.15, -0.1) is 0 Å². The van der Waals surface area contributed by atoms with E-state index in [0.717, 1.165) is 16.8 Å². The number of rotatable bonds is 13. The average Bonchev–Trinajstić information content (AvgIpc) is 3.43. The van der Waals surface area contributed by atoms with Crippen LogP contribution in [0.2, 0.25) is 0 Å². The SMILES string of the molecule is Nc1ccn([C@H]2C[C@H](O)C(COP(=O)(O)OP(=O)(O)OP(=O)(O)C(OP(=O)(O)O)[C@@H]3O[C@@H](n4ccc(=O)[nH]c4=O)[C@H](O)[C@@H]3O)O2)c(=O)n1. The molecule has 2 fully saturated rings. The maximum atomic E-state index is 13.1. The van der Waals surface area contributed by atoms with Gasteiger partial charge >= 0.3 is 42.4 Å². The molecule has 11 atom stereocenters. The van der Waals surface area contributed by atoms with Gasteiger partial charge in [0.1, 0.15) is 36.5 Å². The molecule has 270 valence electrons. The largest absolute Gasteiger partial charge is 0.488 e. The molecular formula is C18H27N5O21P4. The van der Waals surface area contributed by atoms with E-state index in [9.17, 15) is 72.4 Å². The zero-order valence-corrected chi connectivity index (χ0v) is 27.0. The molecular weight excluding hydrogens is 746 g/mol. The van der Waals surface area contributed by atoms with Crippen molar-refractivity contribution in [2.24, 2.45) is 0 Å². The maximum Gasteiger partial charge on any atom is 0.488 e. The Hall–Kier alpha value is -2.28. The summed E-state index contributed by atoms with van der Waals surface area (Å²) >= 11 is 0. The van der Waals surface area contributed by atoms with Gasteiger partial charge in [-0.3, -0.25) is 32.5 Å². The highest BCUT2D eigenvalue weighted by Crippen LogP contribution is 2.70. The van der Waals surface area contributed by atoms with E-state index in [0.29, 0.717) is 4.57 Å². The highest BCUT2D eigenvalue weighted by atomic mass is 31.3. The third-order valence-corrected chi connectivity index (χ3v) is 12.0. The summed E-state index contributed by atoms with van der Waals surface area (Å²) < 4.78 is 78.2. The second kappa shape index (κ2) is 14.2. The summed E-state index contributed by atoms with van der Waals surface area (Å²) in [5, 5.41) is 31.1. The van der Waals surface area contributed by atoms with Crippen molar-refractivity contribution in [2.45, 2.75) is 55.2 Å². The monoisotopic (exact) mass is 773 g/mol. The van der Waals surface area contributed by atoms with Crippen molar-refractivity contribution < 1.29 is 85.2 Å². The zero-order chi connectivity index (χ0) is 36.0. The zero-order valence-electron chi connectivity index (χ0n) is 23.4. The van der Waals surface area contributed by atoms with Crippen LogP contribution in [0.3, 0.4) is 0 Å². The fourth-order valence-electron chi connectivity index (χ4n) is 4.44. The minimum atomic E-state index is -6.31. The quantitative estimate of drug-likeness (QED) is 0.0883. The molecule has 0 aromatic carbocycles. The molecule has 0 bridgehead atoms. The fourth-order valence-corrected chi connectivity index (χ4v) is 9.81. The van der Waals surface area contributed by atoms with Crippen LogP contribution in [0.4, 0.5) is 5.82 Å². The maximum absolute atomic E-state index is 13.1. The van der Waals surface area contributed by atoms with Crippen LogP contribution in [0.25, 0.3) is 0 Å². The van der Waals surface area contributed by atoms with Crippen LogP contribution in [0.5, 0.6) is 0 Å². The molecule has 0 aliphatic carbocycles. The van der Waals surface area contributed by atoms with E-state index in [-0.39, 0.29) is 12.2 Å². The lowest BCUT2D eigenvalue weighted by atomic mass is 10.1. The first kappa shape index (κ1) is 38.5. The van der Waals surface area contributed by atoms with Gasteiger partial charge in [-0.2, -0.15) is 9.29 Å². The Kier molecular flexibility index (Phi) is 11.4. The Morgan fingerprint density at radius 2 is 1.58 bits per heavy atom. The first-order chi connectivity index (χ1) is 22.0. The van der Waals surface area contributed by atoms with Crippen LogP contribution >= 0.6 is 31.1 Å². The number of anilines is 1. The van der Waals surface area contributed by atoms with Gasteiger partial charge in [0.2, 0.25) is 0 Å². The minimum Gasteiger partial charge on any atom is -0.390 e. The molecule has 4 rings (SSSR count). The van der Waals surface area contributed by atoms with E-state index in [4.69, 9.17) is 15.2 Å². The van der Waals surface area contributed by atoms with E-state index in [1.54, 1.807) is 4.98 Å². The van der Waals surface area contributed by atoms with E-state index < -0.39 is 103 Å². The normalized spacial score (nSPS) is 30.7. The summed E-state index contributed by atoms with van der Waals surface area (Å²) in [4.78, 5) is 89.8. The molecule has 2 aromatic rings. The van der Waals surface area contributed by atoms with Crippen LogP contribution in [-0.2, 0) is 45.4 Å². The third kappa shape index (κ3) is 9.28. The van der Waals surface area contributed by atoms with Crippen LogP contribution in [-0.4, -0.2) is 102 Å². The molecule has 30 heteroatoms. The lowest BCUT2D eigenvalue weighted by Gasteiger charge is -2.29. The highest BCUT2D eigenvalue weighted by molar-refractivity contribution is 7.68. The summed E-state index contributed by atoms with van der Waals surface area (Å²) in [5.74, 6) is -3.30. The molecule has 4 heterocycles. The molecule has 2 aliphatic rings. The smallest absolute Gasteiger partial charge is 0.390 e. The minimum absolute atomic E-state index is 0.118. The average molecular weight is 773 g/mol. The summed E-state index contributed by atoms with van der Waals surface area (Å²) in [6.45, 7) is -1.06. The molecule has 26 nitrogen and oxygen atoms in total. The van der Waals surface area contributed by atoms with Crippen molar-refractivity contribution in [1.29, 1.82) is 0 Å². The van der Waals surface area contributed by atoms with Gasteiger partial charge < -0.3 is 55.0 Å². The number of phosphoric ester groups is 2. The second-order valence-electron chi connectivity index (χ2n) is 9.91. The fraction of sp³-hybridized carbons (Fsp3) is 0.556. The molecule has 2 saturated heterocycles. The number of aliphatic hydroxyl groups excluding tert-OH is 3. The molecule has 0 saturated carbocycles. The van der Waals surface area contributed by atoms with Gasteiger partial charge in [0.25, 0.3) is 5.56 Å². The number of phosphoric acid groups is 3. The van der Waals surface area contributed by atoms with E-state index in [1.807, 2.05) is 0 Å². The van der Waals surface area contributed by atoms with Gasteiger partial charge in [0.15, 0.2) is 12.1 Å². The summed E-state index contributed by atoms with van der Waals surface area (Å²) in [6, 6.07) is 1.99. The standard InChI is InChI=1S/C18H27N5O21P4/c19-9-1-3-22(17(28)20-9)11-5-7(24)8(40-11)6-39-47(35,36)44-48(37,38)43-45(30,31)16(42-46(32,33)34)14-12(26)13(27)15(41-14)23-4-2-10(25)21-18(23)29/h1-4,7-8,11-16,24,26-27H,5-6H2,(H,30,31)(H,35,36)(H,37,38)(H2,19,20,28)(H,21,25,29)(H2,32,33,34)/t7-,8?,11+,12-,13+,14+,15+,16?/m0/s1. The van der Waals surface area contributed by atoms with Gasteiger partial charge in [0.05, 0.1) is 12.7 Å². The number of H-pyrrole nitrogens is 1. The predicted molar refractivity (Wildman–Crippen MR) is 149 cm³/mol. The molecule has 5 unspecified atom stereocenters. The van der Waals surface area contributed by atoms with Gasteiger partial charge in [-0.05, 0) is 6.07 Å². The Morgan fingerprint density at radius 3 is 2.19 bits per heavy atom. The first-order valence-electron chi connectivity index (χ1n) is 12.8. The Bertz CT molecular complexity index is 1880. The number of aromatic amines is 1. The number of nitrogens with one attached hydrogen (secondary N) is 1. The number of nitrogens with zero attached hydrogens (tertiary/aromatic N) is 3. The molecule has 48 heavy (non-hydrogen) atoms. The third-order valence-electron chi connectivity index (χ3n) is 6.44. The van der Waals surface area contributed by atoms with E-state index in [1.165, 1.54) is 12.3 Å². The number of ether oxygens (including phenoxy) is 2. The van der Waals surface area contributed by atoms with E-state index in [2.05, 4.69) is 22.7 Å². The van der Waals surface area contributed by atoms with Crippen LogP contribution in [0, 0.1) is 0 Å². The van der Waals surface area contributed by atoms with Crippen molar-refractivity contribution in [3.8, 4) is 0 Å². The number of hydrogen-bond acceptors (Lipinski definition) is 18. The molecule has 11 N–H and O–H groups in total. The topological polar surface area (TPSA) is 401 Å². The Morgan fingerprint density at radius 1 is 0.938 bits per heavy atom. The van der Waals surface area contributed by atoms with Crippen molar-refractivity contribution >= 4 is 36.9 Å².